The molecule has 3 aromatic rings. The summed E-state index contributed by atoms with van der Waals surface area (Å²) in [5.41, 5.74) is 1.25. The fourth-order valence-corrected chi connectivity index (χ4v) is 2.95. The largest absolute Gasteiger partial charge is 0.486 e. The van der Waals surface area contributed by atoms with Crippen molar-refractivity contribution in [2.24, 2.45) is 0 Å². The summed E-state index contributed by atoms with van der Waals surface area (Å²) in [6.07, 6.45) is 5.16. The summed E-state index contributed by atoms with van der Waals surface area (Å²) in [5.74, 6) is 1.35. The number of fused-ring (bicyclic) bond motifs is 1. The first-order valence-corrected chi connectivity index (χ1v) is 8.41. The average Bonchev–Trinajstić information content (AvgIpc) is 3.21. The van der Waals surface area contributed by atoms with Gasteiger partial charge in [-0.25, -0.2) is 9.67 Å². The lowest BCUT2D eigenvalue weighted by molar-refractivity contribution is 0.0949. The number of nitrogens with one attached hydrogen (secondary N) is 1. The van der Waals surface area contributed by atoms with Gasteiger partial charge in [-0.2, -0.15) is 5.10 Å². The van der Waals surface area contributed by atoms with E-state index in [4.69, 9.17) is 21.1 Å². The molecule has 1 N–H and O–H groups in total. The molecule has 0 bridgehead atoms. The molecule has 0 radical (unpaired) electrons. The van der Waals surface area contributed by atoms with Crippen LogP contribution in [0.25, 0.3) is 5.82 Å². The molecule has 0 fully saturated rings. The zero-order valence-electron chi connectivity index (χ0n) is 13.7. The molecule has 8 heteroatoms. The van der Waals surface area contributed by atoms with E-state index in [-0.39, 0.29) is 5.91 Å². The van der Waals surface area contributed by atoms with E-state index in [0.717, 1.165) is 5.56 Å². The molecule has 3 heterocycles. The van der Waals surface area contributed by atoms with Crippen LogP contribution in [0.1, 0.15) is 15.9 Å². The number of aromatic nitrogens is 3. The van der Waals surface area contributed by atoms with Crippen molar-refractivity contribution >= 4 is 17.5 Å². The standard InChI is InChI=1S/C18H15ClN4O3/c19-14-9-13(10-15-16(14)26-8-7-25-15)18(24)21-11-12-3-1-4-20-17(12)23-6-2-5-22-23/h1-6,9-10H,7-8,11H2,(H,21,24). The quantitative estimate of drug-likeness (QED) is 0.763. The molecule has 0 saturated heterocycles. The number of rotatable bonds is 4. The molecule has 0 spiro atoms. The third-order valence-electron chi connectivity index (χ3n) is 3.89. The second-order valence-electron chi connectivity index (χ2n) is 5.60. The van der Waals surface area contributed by atoms with Crippen LogP contribution >= 0.6 is 11.6 Å². The third-order valence-corrected chi connectivity index (χ3v) is 4.17. The maximum absolute atomic E-state index is 12.5. The van der Waals surface area contributed by atoms with E-state index >= 15 is 0 Å². The van der Waals surface area contributed by atoms with Crippen LogP contribution in [0.4, 0.5) is 0 Å². The van der Waals surface area contributed by atoms with Gasteiger partial charge in [-0.15, -0.1) is 0 Å². The number of carbonyl (C=O) groups is 1. The maximum atomic E-state index is 12.5. The highest BCUT2D eigenvalue weighted by atomic mass is 35.5. The van der Waals surface area contributed by atoms with Crippen LogP contribution in [0.2, 0.25) is 5.02 Å². The van der Waals surface area contributed by atoms with Gasteiger partial charge < -0.3 is 14.8 Å². The highest BCUT2D eigenvalue weighted by Gasteiger charge is 2.19. The summed E-state index contributed by atoms with van der Waals surface area (Å²) < 4.78 is 12.6. The van der Waals surface area contributed by atoms with Crippen molar-refractivity contribution in [3.63, 3.8) is 0 Å². The second-order valence-corrected chi connectivity index (χ2v) is 6.01. The third kappa shape index (κ3) is 3.21. The summed E-state index contributed by atoms with van der Waals surface area (Å²) in [6, 6.07) is 8.72. The Morgan fingerprint density at radius 2 is 2.12 bits per heavy atom. The van der Waals surface area contributed by atoms with E-state index in [0.29, 0.717) is 47.7 Å². The Morgan fingerprint density at radius 3 is 2.96 bits per heavy atom. The fraction of sp³-hybridized carbons (Fsp3) is 0.167. The van der Waals surface area contributed by atoms with Gasteiger partial charge in [0.1, 0.15) is 13.2 Å². The summed E-state index contributed by atoms with van der Waals surface area (Å²) >= 11 is 6.19. The number of nitrogens with zero attached hydrogens (tertiary/aromatic N) is 3. The fourth-order valence-electron chi connectivity index (χ4n) is 2.69. The summed E-state index contributed by atoms with van der Waals surface area (Å²) in [6.45, 7) is 1.17. The van der Waals surface area contributed by atoms with E-state index in [2.05, 4.69) is 15.4 Å². The van der Waals surface area contributed by atoms with Crippen LogP contribution in [0.15, 0.2) is 48.9 Å². The Hall–Kier alpha value is -3.06. The van der Waals surface area contributed by atoms with Gasteiger partial charge in [-0.05, 0) is 24.3 Å². The SMILES string of the molecule is O=C(NCc1cccnc1-n1cccn1)c1cc(Cl)c2c(c1)OCCO2. The summed E-state index contributed by atoms with van der Waals surface area (Å²) in [7, 11) is 0. The summed E-state index contributed by atoms with van der Waals surface area (Å²) in [5, 5.41) is 7.42. The van der Waals surface area contributed by atoms with Crippen molar-refractivity contribution in [3.8, 4) is 17.3 Å². The number of halogens is 1. The van der Waals surface area contributed by atoms with Crippen LogP contribution in [-0.4, -0.2) is 33.9 Å². The van der Waals surface area contributed by atoms with Crippen molar-refractivity contribution in [1.82, 2.24) is 20.1 Å². The Kier molecular flexibility index (Phi) is 4.45. The number of ether oxygens (including phenoxy) is 2. The predicted molar refractivity (Wildman–Crippen MR) is 95.0 cm³/mol. The topological polar surface area (TPSA) is 78.3 Å². The van der Waals surface area contributed by atoms with Crippen molar-refractivity contribution in [1.29, 1.82) is 0 Å². The van der Waals surface area contributed by atoms with Gasteiger partial charge in [0.2, 0.25) is 0 Å². The Bertz CT molecular complexity index is 944. The minimum absolute atomic E-state index is 0.265. The highest BCUT2D eigenvalue weighted by Crippen LogP contribution is 2.38. The molecule has 0 saturated carbocycles. The minimum atomic E-state index is -0.265. The van der Waals surface area contributed by atoms with E-state index in [1.54, 1.807) is 35.4 Å². The van der Waals surface area contributed by atoms with Crippen molar-refractivity contribution < 1.29 is 14.3 Å². The van der Waals surface area contributed by atoms with Gasteiger partial charge >= 0.3 is 0 Å². The predicted octanol–water partition coefficient (Wildman–Crippen LogP) is 2.62. The molecule has 132 valence electrons. The molecular formula is C18H15ClN4O3. The lowest BCUT2D eigenvalue weighted by atomic mass is 10.1. The molecule has 1 amide bonds. The van der Waals surface area contributed by atoms with E-state index in [1.807, 2.05) is 18.2 Å². The molecule has 4 rings (SSSR count). The first-order valence-electron chi connectivity index (χ1n) is 8.03. The zero-order valence-corrected chi connectivity index (χ0v) is 14.4. The van der Waals surface area contributed by atoms with Crippen molar-refractivity contribution in [3.05, 3.63) is 65.1 Å². The van der Waals surface area contributed by atoms with Gasteiger partial charge in [0, 0.05) is 36.3 Å². The summed E-state index contributed by atoms with van der Waals surface area (Å²) in [4.78, 5) is 16.9. The van der Waals surface area contributed by atoms with Crippen molar-refractivity contribution in [2.75, 3.05) is 13.2 Å². The van der Waals surface area contributed by atoms with Crippen LogP contribution in [0.3, 0.4) is 0 Å². The molecule has 26 heavy (non-hydrogen) atoms. The van der Waals surface area contributed by atoms with Crippen LogP contribution in [0, 0.1) is 0 Å². The van der Waals surface area contributed by atoms with E-state index in [1.165, 1.54) is 0 Å². The lowest BCUT2D eigenvalue weighted by Crippen LogP contribution is -2.24. The molecule has 1 aromatic carbocycles. The molecule has 7 nitrogen and oxygen atoms in total. The zero-order chi connectivity index (χ0) is 17.9. The lowest BCUT2D eigenvalue weighted by Gasteiger charge is -2.20. The molecule has 2 aromatic heterocycles. The van der Waals surface area contributed by atoms with Crippen LogP contribution < -0.4 is 14.8 Å². The molecule has 1 aliphatic heterocycles. The number of benzene rings is 1. The Labute approximate surface area is 154 Å². The number of carbonyl (C=O) groups excluding carboxylic acids is 1. The van der Waals surface area contributed by atoms with Crippen LogP contribution in [-0.2, 0) is 6.54 Å². The van der Waals surface area contributed by atoms with Gasteiger partial charge in [0.25, 0.3) is 5.91 Å². The Morgan fingerprint density at radius 1 is 1.23 bits per heavy atom. The minimum Gasteiger partial charge on any atom is -0.486 e. The average molecular weight is 371 g/mol. The number of amides is 1. The number of hydrogen-bond acceptors (Lipinski definition) is 5. The molecule has 0 atom stereocenters. The molecular weight excluding hydrogens is 356 g/mol. The Balaban J connectivity index is 1.53. The first kappa shape index (κ1) is 16.4. The van der Waals surface area contributed by atoms with Gasteiger partial charge in [-0.1, -0.05) is 17.7 Å². The number of hydrogen-bond donors (Lipinski definition) is 1. The molecule has 0 unspecified atom stereocenters. The van der Waals surface area contributed by atoms with Gasteiger partial charge in [-0.3, -0.25) is 4.79 Å². The monoisotopic (exact) mass is 370 g/mol. The van der Waals surface area contributed by atoms with Crippen LogP contribution in [0.5, 0.6) is 11.5 Å². The van der Waals surface area contributed by atoms with E-state index < -0.39 is 0 Å². The molecule has 1 aliphatic rings. The second kappa shape index (κ2) is 7.05. The maximum Gasteiger partial charge on any atom is 0.251 e. The van der Waals surface area contributed by atoms with Crippen molar-refractivity contribution in [2.45, 2.75) is 6.54 Å². The number of pyridine rings is 1. The van der Waals surface area contributed by atoms with Gasteiger partial charge in [0.15, 0.2) is 17.3 Å². The highest BCUT2D eigenvalue weighted by molar-refractivity contribution is 6.32. The molecule has 0 aliphatic carbocycles. The normalized spacial score (nSPS) is 12.7. The van der Waals surface area contributed by atoms with E-state index in [9.17, 15) is 4.79 Å². The van der Waals surface area contributed by atoms with Gasteiger partial charge in [0.05, 0.1) is 5.02 Å². The smallest absolute Gasteiger partial charge is 0.251 e. The first-order chi connectivity index (χ1) is 12.7.